The first-order valence-electron chi connectivity index (χ1n) is 4.34. The lowest BCUT2D eigenvalue weighted by atomic mass is 10.2. The van der Waals surface area contributed by atoms with Crippen molar-refractivity contribution in [2.24, 2.45) is 0 Å². The van der Waals surface area contributed by atoms with Gasteiger partial charge in [-0.3, -0.25) is 0 Å². The lowest BCUT2D eigenvalue weighted by Gasteiger charge is -1.85. The molecule has 0 unspecified atom stereocenters. The molecule has 0 atom stereocenters. The van der Waals surface area contributed by atoms with Crippen LogP contribution in [0.2, 0.25) is 0 Å². The van der Waals surface area contributed by atoms with E-state index in [9.17, 15) is 0 Å². The molecule has 1 nitrogen and oxygen atoms in total. The quantitative estimate of drug-likeness (QED) is 0.411. The Labute approximate surface area is 74.2 Å². The molecule has 1 aliphatic carbocycles. The summed E-state index contributed by atoms with van der Waals surface area (Å²) in [6, 6.07) is 0. The monoisotopic (exact) mass is 171 g/mol. The van der Waals surface area contributed by atoms with Gasteiger partial charge >= 0.3 is 0 Å². The second-order valence-electron chi connectivity index (χ2n) is 2.77. The molecule has 1 saturated carbocycles. The third-order valence-electron chi connectivity index (χ3n) is 1.84. The highest BCUT2D eigenvalue weighted by atomic mass is 32.2. The van der Waals surface area contributed by atoms with Crippen molar-refractivity contribution in [1.82, 2.24) is 0 Å². The average molecular weight is 171 g/mol. The summed E-state index contributed by atoms with van der Waals surface area (Å²) in [4.78, 5) is 0. The van der Waals surface area contributed by atoms with Crippen molar-refractivity contribution in [1.29, 1.82) is 5.26 Å². The van der Waals surface area contributed by atoms with Crippen molar-refractivity contribution in [2.75, 3.05) is 6.26 Å². The van der Waals surface area contributed by atoms with Gasteiger partial charge in [-0.15, -0.1) is 0 Å². The van der Waals surface area contributed by atoms with Gasteiger partial charge < -0.3 is 0 Å². The summed E-state index contributed by atoms with van der Waals surface area (Å²) in [5.41, 5.74) is 0. The Morgan fingerprint density at radius 1 is 0.909 bits per heavy atom. The Morgan fingerprint density at radius 3 is 1.18 bits per heavy atom. The van der Waals surface area contributed by atoms with E-state index in [2.05, 4.69) is 0 Å². The van der Waals surface area contributed by atoms with Gasteiger partial charge in [0.1, 0.15) is 5.40 Å². The number of thioether (sulfide) groups is 1. The summed E-state index contributed by atoms with van der Waals surface area (Å²) in [5, 5.41) is 9.44. The summed E-state index contributed by atoms with van der Waals surface area (Å²) in [6.07, 6.45) is 12.2. The third-order valence-corrected chi connectivity index (χ3v) is 2.02. The van der Waals surface area contributed by atoms with Gasteiger partial charge in [-0.05, 0) is 18.0 Å². The Balaban J connectivity index is 0.000000218. The topological polar surface area (TPSA) is 23.8 Å². The molecule has 0 aliphatic heterocycles. The van der Waals surface area contributed by atoms with Crippen LogP contribution in [0.4, 0.5) is 0 Å². The second-order valence-corrected chi connectivity index (χ2v) is 3.36. The zero-order valence-electron chi connectivity index (χ0n) is 7.31. The van der Waals surface area contributed by atoms with E-state index in [1.807, 2.05) is 5.40 Å². The SMILES string of the molecule is C1CCCCCC1.CSC#N. The first-order valence-corrected chi connectivity index (χ1v) is 5.56. The van der Waals surface area contributed by atoms with Gasteiger partial charge in [-0.25, -0.2) is 0 Å². The molecule has 64 valence electrons. The predicted octanol–water partition coefficient (Wildman–Crippen LogP) is 3.56. The first kappa shape index (κ1) is 10.8. The zero-order chi connectivity index (χ0) is 8.36. The van der Waals surface area contributed by atoms with Crippen molar-refractivity contribution >= 4 is 11.8 Å². The minimum absolute atomic E-state index is 1.16. The molecular weight excluding hydrogens is 154 g/mol. The Morgan fingerprint density at radius 2 is 1.09 bits per heavy atom. The first-order chi connectivity index (χ1) is 5.41. The highest BCUT2D eigenvalue weighted by Gasteiger charge is 1.95. The van der Waals surface area contributed by atoms with Gasteiger partial charge in [0.25, 0.3) is 0 Å². The van der Waals surface area contributed by atoms with Crippen LogP contribution < -0.4 is 0 Å². The number of nitrogens with zero attached hydrogens (tertiary/aromatic N) is 1. The number of nitriles is 1. The van der Waals surface area contributed by atoms with Crippen molar-refractivity contribution < 1.29 is 0 Å². The lowest BCUT2D eigenvalue weighted by molar-refractivity contribution is 0.702. The molecule has 0 aromatic rings. The van der Waals surface area contributed by atoms with E-state index in [1.54, 1.807) is 6.26 Å². The van der Waals surface area contributed by atoms with Crippen LogP contribution in [0, 0.1) is 10.7 Å². The summed E-state index contributed by atoms with van der Waals surface area (Å²) < 4.78 is 0. The summed E-state index contributed by atoms with van der Waals surface area (Å²) in [5.74, 6) is 0. The molecular formula is C9H17NS. The molecule has 0 radical (unpaired) electrons. The number of thiocyanates is 1. The molecule has 0 bridgehead atoms. The van der Waals surface area contributed by atoms with Gasteiger partial charge in [0.15, 0.2) is 0 Å². The van der Waals surface area contributed by atoms with Gasteiger partial charge in [0.2, 0.25) is 0 Å². The maximum Gasteiger partial charge on any atom is 0.133 e. The minimum Gasteiger partial charge on any atom is -0.185 e. The van der Waals surface area contributed by atoms with E-state index < -0.39 is 0 Å². The molecule has 1 rings (SSSR count). The van der Waals surface area contributed by atoms with Crippen LogP contribution in [0.3, 0.4) is 0 Å². The van der Waals surface area contributed by atoms with Crippen LogP contribution in [0.1, 0.15) is 44.9 Å². The van der Waals surface area contributed by atoms with Gasteiger partial charge in [0.05, 0.1) is 0 Å². The molecule has 2 heteroatoms. The molecule has 0 spiro atoms. The minimum atomic E-state index is 1.16. The fraction of sp³-hybridized carbons (Fsp3) is 0.889. The van der Waals surface area contributed by atoms with Crippen LogP contribution in [-0.2, 0) is 0 Å². The van der Waals surface area contributed by atoms with Crippen LogP contribution in [0.25, 0.3) is 0 Å². The fourth-order valence-corrected chi connectivity index (χ4v) is 1.24. The van der Waals surface area contributed by atoms with E-state index in [4.69, 9.17) is 5.26 Å². The largest absolute Gasteiger partial charge is 0.185 e. The Kier molecular flexibility index (Phi) is 9.70. The summed E-state index contributed by atoms with van der Waals surface area (Å²) in [6.45, 7) is 0. The second kappa shape index (κ2) is 9.84. The molecule has 1 fully saturated rings. The van der Waals surface area contributed by atoms with Crippen LogP contribution in [-0.4, -0.2) is 6.26 Å². The summed E-state index contributed by atoms with van der Waals surface area (Å²) >= 11 is 1.16. The number of rotatable bonds is 0. The van der Waals surface area contributed by atoms with E-state index in [-0.39, 0.29) is 0 Å². The van der Waals surface area contributed by atoms with Crippen LogP contribution in [0.5, 0.6) is 0 Å². The van der Waals surface area contributed by atoms with Crippen molar-refractivity contribution in [3.8, 4) is 5.40 Å². The number of hydrogen-bond donors (Lipinski definition) is 0. The van der Waals surface area contributed by atoms with Crippen LogP contribution in [0.15, 0.2) is 0 Å². The van der Waals surface area contributed by atoms with E-state index >= 15 is 0 Å². The Hall–Kier alpha value is -0.160. The predicted molar refractivity (Wildman–Crippen MR) is 51.4 cm³/mol. The summed E-state index contributed by atoms with van der Waals surface area (Å²) in [7, 11) is 0. The maximum atomic E-state index is 7.59. The number of hydrogen-bond acceptors (Lipinski definition) is 2. The molecule has 0 heterocycles. The van der Waals surface area contributed by atoms with Crippen molar-refractivity contribution in [2.45, 2.75) is 44.9 Å². The molecule has 0 amide bonds. The lowest BCUT2D eigenvalue weighted by Crippen LogP contribution is -1.66. The van der Waals surface area contributed by atoms with Gasteiger partial charge in [0, 0.05) is 0 Å². The van der Waals surface area contributed by atoms with Crippen molar-refractivity contribution in [3.63, 3.8) is 0 Å². The average Bonchev–Trinajstić information content (AvgIpc) is 2.35. The van der Waals surface area contributed by atoms with Crippen molar-refractivity contribution in [3.05, 3.63) is 0 Å². The Bertz CT molecular complexity index is 87.0. The molecule has 0 N–H and O–H groups in total. The molecule has 0 saturated heterocycles. The van der Waals surface area contributed by atoms with Gasteiger partial charge in [-0.1, -0.05) is 44.9 Å². The molecule has 0 aromatic carbocycles. The van der Waals surface area contributed by atoms with E-state index in [1.165, 1.54) is 44.9 Å². The highest BCUT2D eigenvalue weighted by Crippen LogP contribution is 2.15. The third kappa shape index (κ3) is 9.84. The zero-order valence-corrected chi connectivity index (χ0v) is 8.12. The molecule has 0 aromatic heterocycles. The molecule has 11 heavy (non-hydrogen) atoms. The smallest absolute Gasteiger partial charge is 0.133 e. The molecule has 1 aliphatic rings. The van der Waals surface area contributed by atoms with E-state index in [0.717, 1.165) is 11.8 Å². The fourth-order valence-electron chi connectivity index (χ4n) is 1.24. The standard InChI is InChI=1S/C7H14.C2H3NS/c1-2-4-6-7-5-3-1;1-4-2-3/h1-7H2;1H3. The normalized spacial score (nSPS) is 17.1. The van der Waals surface area contributed by atoms with Crippen LogP contribution >= 0.6 is 11.8 Å². The maximum absolute atomic E-state index is 7.59. The van der Waals surface area contributed by atoms with Gasteiger partial charge in [-0.2, -0.15) is 5.26 Å². The highest BCUT2D eigenvalue weighted by molar-refractivity contribution is 8.03. The van der Waals surface area contributed by atoms with E-state index in [0.29, 0.717) is 0 Å².